The van der Waals surface area contributed by atoms with Crippen molar-refractivity contribution in [2.45, 2.75) is 112 Å². The van der Waals surface area contributed by atoms with E-state index in [1.54, 1.807) is 0 Å². The molecule has 0 unspecified atom stereocenters. The molecule has 0 saturated carbocycles. The molecule has 0 aromatic heterocycles. The van der Waals surface area contributed by atoms with E-state index in [0.29, 0.717) is 10.8 Å². The number of phenolic OH excluding ortho intramolecular Hbond substituents is 2. The summed E-state index contributed by atoms with van der Waals surface area (Å²) in [4.78, 5) is 0. The Morgan fingerprint density at radius 1 is 0.630 bits per heavy atom. The molecule has 1 aromatic rings. The zero-order valence-electron chi connectivity index (χ0n) is 18.8. The van der Waals surface area contributed by atoms with Crippen LogP contribution in [0.3, 0.4) is 0 Å². The molecular formula is C25H44O2. The van der Waals surface area contributed by atoms with Gasteiger partial charge in [-0.2, -0.15) is 0 Å². The fourth-order valence-electron chi connectivity index (χ4n) is 3.67. The molecule has 0 atom stereocenters. The Kier molecular flexibility index (Phi) is 9.70. The largest absolute Gasteiger partial charge is 0.508 e. The highest BCUT2D eigenvalue weighted by atomic mass is 16.3. The van der Waals surface area contributed by atoms with Crippen molar-refractivity contribution in [3.63, 3.8) is 0 Å². The second-order valence-electron chi connectivity index (χ2n) is 10.7. The SMILES string of the molecule is CC(C)(C)CCCCCCc1cc(O)cc(O)c1CCCCCC(C)(C)C. The van der Waals surface area contributed by atoms with E-state index in [9.17, 15) is 10.2 Å². The van der Waals surface area contributed by atoms with Crippen LogP contribution in [0.25, 0.3) is 0 Å². The van der Waals surface area contributed by atoms with Gasteiger partial charge >= 0.3 is 0 Å². The minimum atomic E-state index is 0.187. The molecular weight excluding hydrogens is 332 g/mol. The van der Waals surface area contributed by atoms with Crippen LogP contribution in [0.2, 0.25) is 0 Å². The number of rotatable bonds is 11. The normalized spacial score (nSPS) is 12.5. The van der Waals surface area contributed by atoms with Crippen molar-refractivity contribution in [2.75, 3.05) is 0 Å². The maximum atomic E-state index is 10.3. The number of benzene rings is 1. The van der Waals surface area contributed by atoms with Crippen LogP contribution in [0.15, 0.2) is 12.1 Å². The number of phenols is 2. The molecule has 1 aromatic carbocycles. The maximum Gasteiger partial charge on any atom is 0.122 e. The lowest BCUT2D eigenvalue weighted by Crippen LogP contribution is -2.04. The maximum absolute atomic E-state index is 10.3. The third-order valence-corrected chi connectivity index (χ3v) is 5.28. The van der Waals surface area contributed by atoms with Gasteiger partial charge in [-0.15, -0.1) is 0 Å². The van der Waals surface area contributed by atoms with Gasteiger partial charge in [-0.1, -0.05) is 73.6 Å². The molecule has 2 heteroatoms. The Morgan fingerprint density at radius 3 is 1.67 bits per heavy atom. The van der Waals surface area contributed by atoms with Crippen LogP contribution < -0.4 is 0 Å². The van der Waals surface area contributed by atoms with Gasteiger partial charge in [0.2, 0.25) is 0 Å². The van der Waals surface area contributed by atoms with Crippen LogP contribution in [-0.4, -0.2) is 10.2 Å². The molecule has 0 aliphatic rings. The number of aryl methyl sites for hydroxylation is 1. The van der Waals surface area contributed by atoms with Gasteiger partial charge in [0.05, 0.1) is 0 Å². The molecule has 0 aliphatic carbocycles. The summed E-state index contributed by atoms with van der Waals surface area (Å²) in [6.45, 7) is 13.8. The third-order valence-electron chi connectivity index (χ3n) is 5.28. The van der Waals surface area contributed by atoms with E-state index < -0.39 is 0 Å². The summed E-state index contributed by atoms with van der Waals surface area (Å²) in [5.41, 5.74) is 3.02. The molecule has 0 amide bonds. The van der Waals surface area contributed by atoms with E-state index in [0.717, 1.165) is 36.8 Å². The van der Waals surface area contributed by atoms with Crippen molar-refractivity contribution in [1.82, 2.24) is 0 Å². The average molecular weight is 377 g/mol. The van der Waals surface area contributed by atoms with Gasteiger partial charge in [-0.3, -0.25) is 0 Å². The molecule has 0 spiro atoms. The van der Waals surface area contributed by atoms with Crippen LogP contribution in [0.1, 0.15) is 110 Å². The predicted octanol–water partition coefficient (Wildman–Crippen LogP) is 7.79. The number of hydrogen-bond donors (Lipinski definition) is 2. The smallest absolute Gasteiger partial charge is 0.122 e. The topological polar surface area (TPSA) is 40.5 Å². The lowest BCUT2D eigenvalue weighted by Gasteiger charge is -2.18. The first-order chi connectivity index (χ1) is 12.5. The molecule has 0 aliphatic heterocycles. The van der Waals surface area contributed by atoms with Crippen LogP contribution in [0.4, 0.5) is 0 Å². The minimum absolute atomic E-state index is 0.187. The predicted molar refractivity (Wildman–Crippen MR) is 118 cm³/mol. The summed E-state index contributed by atoms with van der Waals surface area (Å²) in [6, 6.07) is 3.36. The second-order valence-corrected chi connectivity index (χ2v) is 10.7. The van der Waals surface area contributed by atoms with Gasteiger partial charge in [0.25, 0.3) is 0 Å². The summed E-state index contributed by atoms with van der Waals surface area (Å²) in [6.07, 6.45) is 12.8. The highest BCUT2D eigenvalue weighted by Crippen LogP contribution is 2.31. The molecule has 2 N–H and O–H groups in total. The standard InChI is InChI=1S/C25H44O2/c1-24(2,3)16-12-8-7-10-14-20-18-21(26)19-23(27)22(20)15-11-9-13-17-25(4,5)6/h18-19,26-27H,7-17H2,1-6H3. The first-order valence-corrected chi connectivity index (χ1v) is 11.0. The first kappa shape index (κ1) is 23.9. The molecule has 0 saturated heterocycles. The highest BCUT2D eigenvalue weighted by Gasteiger charge is 2.13. The van der Waals surface area contributed by atoms with Gasteiger partial charge in [-0.05, 0) is 66.5 Å². The van der Waals surface area contributed by atoms with Gasteiger partial charge in [0.1, 0.15) is 11.5 Å². The number of hydrogen-bond acceptors (Lipinski definition) is 2. The van der Waals surface area contributed by atoms with Crippen molar-refractivity contribution in [1.29, 1.82) is 0 Å². The fraction of sp³-hybridized carbons (Fsp3) is 0.760. The summed E-state index contributed by atoms with van der Waals surface area (Å²) in [5.74, 6) is 0.459. The monoisotopic (exact) mass is 376 g/mol. The first-order valence-electron chi connectivity index (χ1n) is 11.0. The third kappa shape index (κ3) is 11.3. The average Bonchev–Trinajstić information content (AvgIpc) is 2.50. The van der Waals surface area contributed by atoms with E-state index >= 15 is 0 Å². The molecule has 27 heavy (non-hydrogen) atoms. The molecule has 1 rings (SSSR count). The molecule has 0 radical (unpaired) electrons. The highest BCUT2D eigenvalue weighted by molar-refractivity contribution is 5.45. The van der Waals surface area contributed by atoms with Gasteiger partial charge < -0.3 is 10.2 Å². The zero-order valence-corrected chi connectivity index (χ0v) is 18.8. The Morgan fingerprint density at radius 2 is 1.11 bits per heavy atom. The number of aromatic hydroxyl groups is 2. The van der Waals surface area contributed by atoms with Crippen molar-refractivity contribution < 1.29 is 10.2 Å². The Labute approximate surface area is 168 Å². The second kappa shape index (κ2) is 11.0. The molecule has 0 heterocycles. The van der Waals surface area contributed by atoms with E-state index in [2.05, 4.69) is 41.5 Å². The van der Waals surface area contributed by atoms with Gasteiger partial charge in [0.15, 0.2) is 0 Å². The Hall–Kier alpha value is -1.18. The van der Waals surface area contributed by atoms with Crippen LogP contribution in [0, 0.1) is 10.8 Å². The van der Waals surface area contributed by atoms with Gasteiger partial charge in [0, 0.05) is 6.07 Å². The molecule has 2 nitrogen and oxygen atoms in total. The summed E-state index contributed by atoms with van der Waals surface area (Å²) >= 11 is 0. The molecule has 0 fully saturated rings. The van der Waals surface area contributed by atoms with Gasteiger partial charge in [-0.25, -0.2) is 0 Å². The summed E-state index contributed by atoms with van der Waals surface area (Å²) in [5, 5.41) is 20.2. The van der Waals surface area contributed by atoms with E-state index in [-0.39, 0.29) is 11.5 Å². The van der Waals surface area contributed by atoms with Crippen LogP contribution in [0.5, 0.6) is 11.5 Å². The summed E-state index contributed by atoms with van der Waals surface area (Å²) < 4.78 is 0. The lowest BCUT2D eigenvalue weighted by atomic mass is 9.88. The van der Waals surface area contributed by atoms with Crippen molar-refractivity contribution in [3.05, 3.63) is 23.3 Å². The molecule has 156 valence electrons. The van der Waals surface area contributed by atoms with Crippen molar-refractivity contribution in [3.8, 4) is 11.5 Å². The van der Waals surface area contributed by atoms with Crippen LogP contribution >= 0.6 is 0 Å². The van der Waals surface area contributed by atoms with Crippen molar-refractivity contribution >= 4 is 0 Å². The molecule has 0 bridgehead atoms. The lowest BCUT2D eigenvalue weighted by molar-refractivity contribution is 0.357. The van der Waals surface area contributed by atoms with E-state index in [4.69, 9.17) is 0 Å². The Balaban J connectivity index is 2.46. The fourth-order valence-corrected chi connectivity index (χ4v) is 3.67. The van der Waals surface area contributed by atoms with Crippen molar-refractivity contribution in [2.24, 2.45) is 10.8 Å². The minimum Gasteiger partial charge on any atom is -0.508 e. The zero-order chi connectivity index (χ0) is 20.5. The van der Waals surface area contributed by atoms with E-state index in [1.807, 2.05) is 6.07 Å². The Bertz CT molecular complexity index is 547. The number of unbranched alkanes of at least 4 members (excludes halogenated alkanes) is 5. The van der Waals surface area contributed by atoms with Crippen LogP contribution in [-0.2, 0) is 12.8 Å². The van der Waals surface area contributed by atoms with E-state index in [1.165, 1.54) is 51.0 Å². The summed E-state index contributed by atoms with van der Waals surface area (Å²) in [7, 11) is 0. The quantitative estimate of drug-likeness (QED) is 0.387.